The van der Waals surface area contributed by atoms with Gasteiger partial charge in [0.15, 0.2) is 17.1 Å². The van der Waals surface area contributed by atoms with Crippen LogP contribution in [0.3, 0.4) is 0 Å². The molecular weight excluding hydrogens is 254 g/mol. The maximum absolute atomic E-state index is 9.77. The number of fused-ring (bicyclic) bond motifs is 1. The number of nitrogens with one attached hydrogen (secondary N) is 1. The normalized spacial score (nSPS) is 10.9. The van der Waals surface area contributed by atoms with Gasteiger partial charge in [0.1, 0.15) is 5.82 Å². The molecule has 0 saturated carbocycles. The molecule has 5 nitrogen and oxygen atoms in total. The van der Waals surface area contributed by atoms with E-state index in [0.717, 1.165) is 0 Å². The topological polar surface area (TPSA) is 82.0 Å². The number of pyridine rings is 1. The van der Waals surface area contributed by atoms with Gasteiger partial charge < -0.3 is 15.2 Å². The maximum atomic E-state index is 9.77. The number of H-pyrrole nitrogens is 1. The van der Waals surface area contributed by atoms with Crippen LogP contribution < -0.4 is 0 Å². The third-order valence-corrected chi connectivity index (χ3v) is 2.78. The zero-order valence-electron chi connectivity index (χ0n) is 9.05. The van der Waals surface area contributed by atoms with E-state index in [2.05, 4.69) is 15.0 Å². The molecule has 3 N–H and O–H groups in total. The molecule has 0 aliphatic heterocycles. The quantitative estimate of drug-likeness (QED) is 0.588. The molecule has 0 amide bonds. The maximum Gasteiger partial charge on any atom is 0.178 e. The molecule has 0 fully saturated rings. The molecule has 3 rings (SSSR count). The third-order valence-electron chi connectivity index (χ3n) is 2.57. The number of phenolic OH excluding ortho intramolecular Hbond substituents is 2. The average molecular weight is 262 g/mol. The van der Waals surface area contributed by atoms with E-state index in [1.165, 1.54) is 12.3 Å². The van der Waals surface area contributed by atoms with Crippen LogP contribution in [-0.2, 0) is 0 Å². The van der Waals surface area contributed by atoms with Gasteiger partial charge in [-0.15, -0.1) is 0 Å². The van der Waals surface area contributed by atoms with Crippen LogP contribution in [0.2, 0.25) is 5.02 Å². The number of benzene rings is 1. The minimum atomic E-state index is -0.220. The Hall–Kier alpha value is -2.27. The molecule has 3 aromatic rings. The van der Waals surface area contributed by atoms with Crippen LogP contribution in [0.5, 0.6) is 11.5 Å². The SMILES string of the molecule is Oc1cccc(-c2nc3ncc(Cl)cc3[nH]2)c1O. The largest absolute Gasteiger partial charge is 0.504 e. The summed E-state index contributed by atoms with van der Waals surface area (Å²) in [4.78, 5) is 11.3. The zero-order valence-corrected chi connectivity index (χ0v) is 9.81. The molecule has 0 unspecified atom stereocenters. The van der Waals surface area contributed by atoms with Crippen molar-refractivity contribution in [3.05, 3.63) is 35.5 Å². The van der Waals surface area contributed by atoms with Crippen LogP contribution >= 0.6 is 11.6 Å². The lowest BCUT2D eigenvalue weighted by atomic mass is 10.2. The van der Waals surface area contributed by atoms with Gasteiger partial charge in [-0.2, -0.15) is 0 Å². The predicted molar refractivity (Wildman–Crippen MR) is 67.7 cm³/mol. The molecule has 90 valence electrons. The van der Waals surface area contributed by atoms with Gasteiger partial charge in [-0.05, 0) is 18.2 Å². The van der Waals surface area contributed by atoms with E-state index >= 15 is 0 Å². The number of rotatable bonds is 1. The third kappa shape index (κ3) is 1.65. The van der Waals surface area contributed by atoms with Crippen LogP contribution in [-0.4, -0.2) is 25.2 Å². The van der Waals surface area contributed by atoms with Crippen LogP contribution in [0, 0.1) is 0 Å². The highest BCUT2D eigenvalue weighted by atomic mass is 35.5. The van der Waals surface area contributed by atoms with Crippen molar-refractivity contribution >= 4 is 22.8 Å². The molecule has 0 aliphatic carbocycles. The number of hydrogen-bond donors (Lipinski definition) is 3. The first-order chi connectivity index (χ1) is 8.65. The molecule has 1 aromatic carbocycles. The molecule has 2 heterocycles. The van der Waals surface area contributed by atoms with Gasteiger partial charge >= 0.3 is 0 Å². The summed E-state index contributed by atoms with van der Waals surface area (Å²) in [6.45, 7) is 0. The summed E-state index contributed by atoms with van der Waals surface area (Å²) in [7, 11) is 0. The first-order valence-corrected chi connectivity index (χ1v) is 5.55. The summed E-state index contributed by atoms with van der Waals surface area (Å²) in [5.74, 6) is 0.00904. The van der Waals surface area contributed by atoms with Gasteiger partial charge in [0.25, 0.3) is 0 Å². The smallest absolute Gasteiger partial charge is 0.178 e. The number of aromatic hydroxyl groups is 2. The van der Waals surface area contributed by atoms with Gasteiger partial charge in [-0.3, -0.25) is 0 Å². The van der Waals surface area contributed by atoms with Crippen molar-refractivity contribution in [2.24, 2.45) is 0 Å². The lowest BCUT2D eigenvalue weighted by Crippen LogP contribution is -1.81. The van der Waals surface area contributed by atoms with Crippen molar-refractivity contribution in [2.45, 2.75) is 0 Å². The second kappa shape index (κ2) is 3.89. The highest BCUT2D eigenvalue weighted by Gasteiger charge is 2.12. The van der Waals surface area contributed by atoms with Crippen LogP contribution in [0.1, 0.15) is 0 Å². The molecule has 0 saturated heterocycles. The van der Waals surface area contributed by atoms with E-state index in [4.69, 9.17) is 11.6 Å². The van der Waals surface area contributed by atoms with E-state index in [1.807, 2.05) is 0 Å². The second-order valence-corrected chi connectivity index (χ2v) is 4.22. The fraction of sp³-hybridized carbons (Fsp3) is 0. The first kappa shape index (κ1) is 10.9. The molecule has 6 heteroatoms. The number of para-hydroxylation sites is 1. The number of phenols is 2. The molecule has 0 atom stereocenters. The standard InChI is InChI=1S/C12H8ClN3O2/c13-6-4-8-12(14-5-6)16-11(15-8)7-2-1-3-9(17)10(7)18/h1-5,17-18H,(H,14,15,16). The molecule has 0 bridgehead atoms. The van der Waals surface area contributed by atoms with Crippen molar-refractivity contribution in [1.82, 2.24) is 15.0 Å². The Bertz CT molecular complexity index is 739. The summed E-state index contributed by atoms with van der Waals surface area (Å²) in [6.07, 6.45) is 1.50. The minimum absolute atomic E-state index is 0.195. The van der Waals surface area contributed by atoms with E-state index in [9.17, 15) is 10.2 Å². The van der Waals surface area contributed by atoms with Crippen molar-refractivity contribution < 1.29 is 10.2 Å². The Morgan fingerprint density at radius 1 is 1.22 bits per heavy atom. The van der Waals surface area contributed by atoms with E-state index in [0.29, 0.717) is 27.6 Å². The Morgan fingerprint density at radius 2 is 2.06 bits per heavy atom. The number of imidazole rings is 1. The average Bonchev–Trinajstić information content (AvgIpc) is 2.75. The number of hydrogen-bond acceptors (Lipinski definition) is 4. The van der Waals surface area contributed by atoms with Crippen molar-refractivity contribution in [1.29, 1.82) is 0 Å². The number of aromatic nitrogens is 3. The molecule has 2 aromatic heterocycles. The predicted octanol–water partition coefficient (Wildman–Crippen LogP) is 2.69. The minimum Gasteiger partial charge on any atom is -0.504 e. The Labute approximate surface area is 107 Å². The summed E-state index contributed by atoms with van der Waals surface area (Å²) >= 11 is 5.83. The number of halogens is 1. The van der Waals surface area contributed by atoms with E-state index < -0.39 is 0 Å². The van der Waals surface area contributed by atoms with Gasteiger partial charge in [0.05, 0.1) is 16.1 Å². The van der Waals surface area contributed by atoms with Crippen molar-refractivity contribution in [3.63, 3.8) is 0 Å². The lowest BCUT2D eigenvalue weighted by Gasteiger charge is -2.02. The van der Waals surface area contributed by atoms with E-state index in [1.54, 1.807) is 18.2 Å². The van der Waals surface area contributed by atoms with E-state index in [-0.39, 0.29) is 11.5 Å². The lowest BCUT2D eigenvalue weighted by molar-refractivity contribution is 0.405. The van der Waals surface area contributed by atoms with Gasteiger partial charge in [-0.1, -0.05) is 17.7 Å². The Balaban J connectivity index is 2.22. The van der Waals surface area contributed by atoms with Crippen molar-refractivity contribution in [2.75, 3.05) is 0 Å². The summed E-state index contributed by atoms with van der Waals surface area (Å²) in [5, 5.41) is 19.7. The molecular formula is C12H8ClN3O2. The first-order valence-electron chi connectivity index (χ1n) is 5.18. The van der Waals surface area contributed by atoms with Gasteiger partial charge in [0, 0.05) is 6.20 Å². The highest BCUT2D eigenvalue weighted by Crippen LogP contribution is 2.35. The highest BCUT2D eigenvalue weighted by molar-refractivity contribution is 6.31. The van der Waals surface area contributed by atoms with Crippen LogP contribution in [0.25, 0.3) is 22.6 Å². The molecule has 0 aliphatic rings. The number of nitrogens with zero attached hydrogens (tertiary/aromatic N) is 2. The summed E-state index contributed by atoms with van der Waals surface area (Å²) in [5.41, 5.74) is 1.57. The fourth-order valence-corrected chi connectivity index (χ4v) is 1.88. The van der Waals surface area contributed by atoms with Crippen LogP contribution in [0.4, 0.5) is 0 Å². The van der Waals surface area contributed by atoms with Crippen LogP contribution in [0.15, 0.2) is 30.5 Å². The number of aromatic amines is 1. The molecule has 0 spiro atoms. The summed E-state index contributed by atoms with van der Waals surface area (Å²) in [6, 6.07) is 6.36. The summed E-state index contributed by atoms with van der Waals surface area (Å²) < 4.78 is 0. The molecule has 0 radical (unpaired) electrons. The Kier molecular flexibility index (Phi) is 2.34. The van der Waals surface area contributed by atoms with Gasteiger partial charge in [-0.25, -0.2) is 9.97 Å². The van der Waals surface area contributed by atoms with Gasteiger partial charge in [0.2, 0.25) is 0 Å². The fourth-order valence-electron chi connectivity index (χ4n) is 1.72. The second-order valence-electron chi connectivity index (χ2n) is 3.78. The zero-order chi connectivity index (χ0) is 12.7. The molecule has 18 heavy (non-hydrogen) atoms. The monoisotopic (exact) mass is 261 g/mol. The van der Waals surface area contributed by atoms with Crippen molar-refractivity contribution in [3.8, 4) is 22.9 Å². The Morgan fingerprint density at radius 3 is 2.89 bits per heavy atom.